The van der Waals surface area contributed by atoms with E-state index in [-0.39, 0.29) is 32.0 Å². The van der Waals surface area contributed by atoms with E-state index in [9.17, 15) is 9.59 Å². The third-order valence-corrected chi connectivity index (χ3v) is 4.29. The second-order valence-electron chi connectivity index (χ2n) is 5.12. The maximum atomic E-state index is 11.3. The number of hydrogen-bond acceptors (Lipinski definition) is 3. The number of halogens is 2. The number of nitrogens with two attached hydrogens (primary N) is 1. The zero-order valence-corrected chi connectivity index (χ0v) is 13.2. The van der Waals surface area contributed by atoms with Crippen LogP contribution in [0.2, 0.25) is 10.0 Å². The largest absolute Gasteiger partial charge is 0.465 e. The van der Waals surface area contributed by atoms with Crippen LogP contribution in [0.5, 0.6) is 0 Å². The van der Waals surface area contributed by atoms with Crippen molar-refractivity contribution in [1.82, 2.24) is 4.90 Å². The van der Waals surface area contributed by atoms with Gasteiger partial charge in [0.05, 0.1) is 22.8 Å². The van der Waals surface area contributed by atoms with Crippen molar-refractivity contribution in [2.24, 2.45) is 11.7 Å². The molecule has 2 unspecified atom stereocenters. The Morgan fingerprint density at radius 3 is 2.68 bits per heavy atom. The predicted octanol–water partition coefficient (Wildman–Crippen LogP) is 2.54. The molecule has 1 aliphatic heterocycles. The summed E-state index contributed by atoms with van der Waals surface area (Å²) in [4.78, 5) is 23.7. The van der Waals surface area contributed by atoms with Gasteiger partial charge in [0.15, 0.2) is 0 Å². The first-order valence-corrected chi connectivity index (χ1v) is 7.46. The van der Waals surface area contributed by atoms with Gasteiger partial charge in [-0.1, -0.05) is 29.3 Å². The van der Waals surface area contributed by atoms with Gasteiger partial charge in [-0.05, 0) is 17.7 Å². The van der Waals surface area contributed by atoms with Crippen molar-refractivity contribution < 1.29 is 19.4 Å². The van der Waals surface area contributed by atoms with E-state index in [1.54, 1.807) is 18.2 Å². The van der Waals surface area contributed by atoms with Gasteiger partial charge in [-0.15, -0.1) is 0 Å². The smallest absolute Gasteiger partial charge is 0.407 e. The SMILES string of the molecule is NC(=O)CC1CN(C(=O)O)CCOC1c1ccc(Cl)c(Cl)c1. The van der Waals surface area contributed by atoms with E-state index in [4.69, 9.17) is 38.8 Å². The lowest BCUT2D eigenvalue weighted by molar-refractivity contribution is -0.120. The number of ether oxygens (including phenoxy) is 1. The van der Waals surface area contributed by atoms with Gasteiger partial charge in [0, 0.05) is 25.4 Å². The Bertz CT molecular complexity index is 582. The van der Waals surface area contributed by atoms with Crippen LogP contribution in [-0.4, -0.2) is 41.7 Å². The highest BCUT2D eigenvalue weighted by Gasteiger charge is 2.32. The quantitative estimate of drug-likeness (QED) is 0.879. The van der Waals surface area contributed by atoms with Gasteiger partial charge in [0.25, 0.3) is 0 Å². The standard InChI is InChI=1S/C14H16Cl2N2O4/c15-10-2-1-8(5-11(10)16)13-9(6-12(17)19)7-18(14(20)21)3-4-22-13/h1-2,5,9,13H,3-4,6-7H2,(H2,17,19)(H,20,21). The Kier molecular flexibility index (Phi) is 5.50. The van der Waals surface area contributed by atoms with Crippen molar-refractivity contribution in [3.8, 4) is 0 Å². The zero-order chi connectivity index (χ0) is 16.3. The lowest BCUT2D eigenvalue weighted by Crippen LogP contribution is -2.36. The second kappa shape index (κ2) is 7.17. The maximum absolute atomic E-state index is 11.3. The van der Waals surface area contributed by atoms with Crippen molar-refractivity contribution in [2.75, 3.05) is 19.7 Å². The Balaban J connectivity index is 2.30. The summed E-state index contributed by atoms with van der Waals surface area (Å²) in [5.74, 6) is -0.890. The van der Waals surface area contributed by atoms with Crippen molar-refractivity contribution in [2.45, 2.75) is 12.5 Å². The number of carbonyl (C=O) groups is 2. The highest BCUT2D eigenvalue weighted by Crippen LogP contribution is 2.34. The highest BCUT2D eigenvalue weighted by molar-refractivity contribution is 6.42. The van der Waals surface area contributed by atoms with Gasteiger partial charge in [0.2, 0.25) is 5.91 Å². The fraction of sp³-hybridized carbons (Fsp3) is 0.429. The fourth-order valence-electron chi connectivity index (χ4n) is 2.56. The minimum atomic E-state index is -1.05. The molecule has 0 saturated carbocycles. The van der Waals surface area contributed by atoms with Crippen molar-refractivity contribution in [3.63, 3.8) is 0 Å². The summed E-state index contributed by atoms with van der Waals surface area (Å²) in [6.45, 7) is 0.637. The molecule has 0 aliphatic carbocycles. The topological polar surface area (TPSA) is 92.9 Å². The van der Waals surface area contributed by atoms with Crippen LogP contribution in [0, 0.1) is 5.92 Å². The summed E-state index contributed by atoms with van der Waals surface area (Å²) in [5.41, 5.74) is 6.03. The van der Waals surface area contributed by atoms with Crippen molar-refractivity contribution in [3.05, 3.63) is 33.8 Å². The molecule has 8 heteroatoms. The Morgan fingerprint density at radius 1 is 1.36 bits per heavy atom. The van der Waals surface area contributed by atoms with Gasteiger partial charge >= 0.3 is 6.09 Å². The van der Waals surface area contributed by atoms with Gasteiger partial charge in [0.1, 0.15) is 0 Å². The molecule has 2 amide bonds. The first-order valence-electron chi connectivity index (χ1n) is 6.71. The van der Waals surface area contributed by atoms with Crippen LogP contribution in [0.4, 0.5) is 4.79 Å². The van der Waals surface area contributed by atoms with Crippen LogP contribution in [0.25, 0.3) is 0 Å². The number of nitrogens with zero attached hydrogens (tertiary/aromatic N) is 1. The molecule has 1 aromatic rings. The van der Waals surface area contributed by atoms with Gasteiger partial charge in [-0.2, -0.15) is 0 Å². The number of carbonyl (C=O) groups excluding carboxylic acids is 1. The van der Waals surface area contributed by atoms with Crippen molar-refractivity contribution in [1.29, 1.82) is 0 Å². The van der Waals surface area contributed by atoms with Gasteiger partial charge < -0.3 is 20.5 Å². The van der Waals surface area contributed by atoms with E-state index in [0.29, 0.717) is 10.0 Å². The van der Waals surface area contributed by atoms with Gasteiger partial charge in [-0.3, -0.25) is 4.79 Å². The number of carboxylic acid groups (broad SMARTS) is 1. The first kappa shape index (κ1) is 16.9. The van der Waals surface area contributed by atoms with Crippen LogP contribution in [0.1, 0.15) is 18.1 Å². The summed E-state index contributed by atoms with van der Waals surface area (Å²) in [6, 6.07) is 5.06. The van der Waals surface area contributed by atoms with Crippen molar-refractivity contribution >= 4 is 35.2 Å². The molecule has 1 aromatic carbocycles. The average Bonchev–Trinajstić information content (AvgIpc) is 2.64. The van der Waals surface area contributed by atoms with Crippen LogP contribution < -0.4 is 5.73 Å². The number of benzene rings is 1. The van der Waals surface area contributed by atoms with E-state index in [2.05, 4.69) is 0 Å². The summed E-state index contributed by atoms with van der Waals surface area (Å²) in [5, 5.41) is 9.96. The molecule has 0 aromatic heterocycles. The summed E-state index contributed by atoms with van der Waals surface area (Å²) >= 11 is 11.9. The molecule has 0 spiro atoms. The molecule has 1 heterocycles. The molecule has 2 atom stereocenters. The number of primary amides is 1. The highest BCUT2D eigenvalue weighted by atomic mass is 35.5. The molecule has 1 saturated heterocycles. The molecular weight excluding hydrogens is 331 g/mol. The second-order valence-corrected chi connectivity index (χ2v) is 5.94. The molecule has 120 valence electrons. The Morgan fingerprint density at radius 2 is 2.09 bits per heavy atom. The monoisotopic (exact) mass is 346 g/mol. The number of hydrogen-bond donors (Lipinski definition) is 2. The maximum Gasteiger partial charge on any atom is 0.407 e. The summed E-state index contributed by atoms with van der Waals surface area (Å²) in [6.07, 6.45) is -1.49. The third kappa shape index (κ3) is 4.03. The molecule has 1 fully saturated rings. The average molecular weight is 347 g/mol. The number of rotatable bonds is 3. The van der Waals surface area contributed by atoms with Crippen LogP contribution in [-0.2, 0) is 9.53 Å². The van der Waals surface area contributed by atoms with Crippen LogP contribution >= 0.6 is 23.2 Å². The van der Waals surface area contributed by atoms with Crippen LogP contribution in [0.3, 0.4) is 0 Å². The number of amides is 2. The molecule has 6 nitrogen and oxygen atoms in total. The molecule has 22 heavy (non-hydrogen) atoms. The molecule has 3 N–H and O–H groups in total. The van der Waals surface area contributed by atoms with Crippen LogP contribution in [0.15, 0.2) is 18.2 Å². The van der Waals surface area contributed by atoms with E-state index >= 15 is 0 Å². The molecular formula is C14H16Cl2N2O4. The molecule has 0 radical (unpaired) electrons. The Labute approximate surface area is 137 Å². The van der Waals surface area contributed by atoms with E-state index in [0.717, 1.165) is 5.56 Å². The summed E-state index contributed by atoms with van der Waals surface area (Å²) < 4.78 is 5.76. The third-order valence-electron chi connectivity index (χ3n) is 3.55. The lowest BCUT2D eigenvalue weighted by atomic mass is 9.92. The van der Waals surface area contributed by atoms with E-state index in [1.165, 1.54) is 4.90 Å². The van der Waals surface area contributed by atoms with E-state index in [1.807, 2.05) is 0 Å². The lowest BCUT2D eigenvalue weighted by Gasteiger charge is -2.26. The minimum absolute atomic E-state index is 0.0225. The molecule has 1 aliphatic rings. The fourth-order valence-corrected chi connectivity index (χ4v) is 2.86. The Hall–Kier alpha value is -1.50. The summed E-state index contributed by atoms with van der Waals surface area (Å²) in [7, 11) is 0. The first-order chi connectivity index (χ1) is 10.4. The van der Waals surface area contributed by atoms with E-state index < -0.39 is 18.1 Å². The normalized spacial score (nSPS) is 22.2. The predicted molar refractivity (Wildman–Crippen MR) is 82.1 cm³/mol. The zero-order valence-electron chi connectivity index (χ0n) is 11.7. The van der Waals surface area contributed by atoms with Gasteiger partial charge in [-0.25, -0.2) is 4.79 Å². The minimum Gasteiger partial charge on any atom is -0.465 e. The molecule has 2 rings (SSSR count). The molecule has 0 bridgehead atoms.